The number of ether oxygens (including phenoxy) is 5. The molecule has 3 amide bonds. The Morgan fingerprint density at radius 3 is 1.54 bits per heavy atom. The average Bonchev–Trinajstić information content (AvgIpc) is 3.41. The zero-order chi connectivity index (χ0) is 41.8. The number of imide groups is 1. The van der Waals surface area contributed by atoms with Crippen molar-refractivity contribution >= 4 is 46.5 Å². The van der Waals surface area contributed by atoms with Gasteiger partial charge >= 0.3 is 12.2 Å². The number of para-hydroxylation sites is 2. The van der Waals surface area contributed by atoms with Crippen molar-refractivity contribution in [1.82, 2.24) is 0 Å². The van der Waals surface area contributed by atoms with Gasteiger partial charge in [-0.15, -0.1) is 0 Å². The van der Waals surface area contributed by atoms with Gasteiger partial charge in [0.1, 0.15) is 34.1 Å². The summed E-state index contributed by atoms with van der Waals surface area (Å²) in [6.07, 6.45) is -1.22. The fourth-order valence-corrected chi connectivity index (χ4v) is 5.46. The van der Waals surface area contributed by atoms with E-state index in [1.807, 2.05) is 69.0 Å². The van der Waals surface area contributed by atoms with Crippen molar-refractivity contribution in [2.75, 3.05) is 47.5 Å². The van der Waals surface area contributed by atoms with Crippen molar-refractivity contribution in [3.63, 3.8) is 0 Å². The Hall–Kier alpha value is -5.33. The van der Waals surface area contributed by atoms with Gasteiger partial charge in [0, 0.05) is 23.7 Å². The van der Waals surface area contributed by atoms with Crippen molar-refractivity contribution in [3.05, 3.63) is 60.2 Å². The van der Waals surface area contributed by atoms with E-state index in [1.54, 1.807) is 74.0 Å². The van der Waals surface area contributed by atoms with Crippen LogP contribution in [0.2, 0.25) is 0 Å². The zero-order valence-electron chi connectivity index (χ0n) is 35.4. The number of nitrogens with zero attached hydrogens (tertiary/aromatic N) is 2. The van der Waals surface area contributed by atoms with E-state index < -0.39 is 23.4 Å². The standard InChI is InChI=1S/C20H32N2O5.C12H15NO2.C10H16N2O.2CH4/c1-13(2)21-14-11-10-12-15(25-9)16(14)22(17(23)26-19(3,4)5)18(24)27-20(6,7)8;1-8(2)13-10-5-4-6-11(15-3)9(10)7-12(13)14;1-7(2)12-8-5-4-6-9(13-3)10(8)11;;/h10-13,21H,1-9H3;4-6,8H,7H2,1-3H3;4-7,12H,11H2,1-3H3;2*1H4. The predicted molar refractivity (Wildman–Crippen MR) is 236 cm³/mol. The molecule has 0 aliphatic carbocycles. The van der Waals surface area contributed by atoms with E-state index in [0.717, 1.165) is 27.6 Å². The summed E-state index contributed by atoms with van der Waals surface area (Å²) >= 11 is 0. The quantitative estimate of drug-likeness (QED) is 0.177. The van der Waals surface area contributed by atoms with Gasteiger partial charge in [-0.1, -0.05) is 33.1 Å². The van der Waals surface area contributed by atoms with Crippen LogP contribution in [0.4, 0.5) is 38.0 Å². The van der Waals surface area contributed by atoms with Crippen molar-refractivity contribution < 1.29 is 38.1 Å². The van der Waals surface area contributed by atoms with Gasteiger partial charge in [0.05, 0.1) is 50.5 Å². The largest absolute Gasteiger partial charge is 0.496 e. The SMILES string of the molecule is C.C.COc1cccc(NC(C)C)c1N.COc1cccc(NC(C)C)c1N(C(=O)OC(C)(C)C)C(=O)OC(C)(C)C.COc1cccc2c1CC(=O)N2C(C)C. The van der Waals surface area contributed by atoms with Gasteiger partial charge in [0.15, 0.2) is 0 Å². The van der Waals surface area contributed by atoms with Gasteiger partial charge in [0.25, 0.3) is 0 Å². The maximum absolute atomic E-state index is 12.9. The molecule has 0 aromatic heterocycles. The Balaban J connectivity index is 0.000000883. The molecule has 13 nitrogen and oxygen atoms in total. The molecule has 1 aliphatic heterocycles. The first kappa shape index (κ1) is 51.7. The molecule has 0 fully saturated rings. The fraction of sp³-hybridized carbons (Fsp3) is 0.523. The number of benzene rings is 3. The minimum Gasteiger partial charge on any atom is -0.496 e. The van der Waals surface area contributed by atoms with E-state index in [2.05, 4.69) is 24.5 Å². The van der Waals surface area contributed by atoms with E-state index in [4.69, 9.17) is 29.4 Å². The molecule has 0 unspecified atom stereocenters. The number of carbonyl (C=O) groups excluding carboxylic acids is 3. The third-order valence-corrected chi connectivity index (χ3v) is 7.47. The van der Waals surface area contributed by atoms with E-state index >= 15 is 0 Å². The van der Waals surface area contributed by atoms with Gasteiger partial charge in [-0.2, -0.15) is 4.90 Å². The maximum atomic E-state index is 12.9. The molecule has 4 N–H and O–H groups in total. The monoisotopic (exact) mass is 798 g/mol. The lowest BCUT2D eigenvalue weighted by molar-refractivity contribution is -0.117. The van der Waals surface area contributed by atoms with Crippen LogP contribution in [0.5, 0.6) is 17.2 Å². The van der Waals surface area contributed by atoms with Crippen LogP contribution in [-0.2, 0) is 20.7 Å². The van der Waals surface area contributed by atoms with Crippen LogP contribution in [0.3, 0.4) is 0 Å². The molecule has 0 saturated heterocycles. The maximum Gasteiger partial charge on any atom is 0.424 e. The highest BCUT2D eigenvalue weighted by Gasteiger charge is 2.36. The Morgan fingerprint density at radius 1 is 0.684 bits per heavy atom. The highest BCUT2D eigenvalue weighted by atomic mass is 16.6. The molecule has 0 saturated carbocycles. The topological polar surface area (TPSA) is 154 Å². The number of rotatable bonds is 9. The third kappa shape index (κ3) is 15.3. The lowest BCUT2D eigenvalue weighted by Gasteiger charge is -2.30. The number of fused-ring (bicyclic) bond motifs is 1. The minimum absolute atomic E-state index is 0. The summed E-state index contributed by atoms with van der Waals surface area (Å²) in [7, 11) is 4.73. The van der Waals surface area contributed by atoms with Gasteiger partial charge in [-0.3, -0.25) is 4.79 Å². The molecule has 3 aromatic rings. The molecule has 4 rings (SSSR count). The first-order valence-electron chi connectivity index (χ1n) is 18.4. The van der Waals surface area contributed by atoms with Crippen LogP contribution in [0.1, 0.15) is 104 Å². The van der Waals surface area contributed by atoms with E-state index in [-0.39, 0.29) is 38.5 Å². The molecule has 0 radical (unpaired) electrons. The number of amides is 3. The van der Waals surface area contributed by atoms with Crippen LogP contribution in [0.15, 0.2) is 54.6 Å². The molecule has 320 valence electrons. The first-order valence-corrected chi connectivity index (χ1v) is 18.4. The molecule has 1 aliphatic rings. The Morgan fingerprint density at radius 2 is 1.11 bits per heavy atom. The Kier molecular flexibility index (Phi) is 20.3. The number of methoxy groups -OCH3 is 3. The van der Waals surface area contributed by atoms with Crippen molar-refractivity contribution in [2.45, 2.75) is 134 Å². The summed E-state index contributed by atoms with van der Waals surface area (Å²) in [6.45, 7) is 22.5. The van der Waals surface area contributed by atoms with Crippen LogP contribution in [0, 0.1) is 0 Å². The third-order valence-electron chi connectivity index (χ3n) is 7.47. The van der Waals surface area contributed by atoms with Crippen LogP contribution >= 0.6 is 0 Å². The molecule has 1 heterocycles. The highest BCUT2D eigenvalue weighted by Crippen LogP contribution is 2.39. The second kappa shape index (κ2) is 22.4. The summed E-state index contributed by atoms with van der Waals surface area (Å²) in [5, 5.41) is 6.47. The van der Waals surface area contributed by atoms with E-state index in [0.29, 0.717) is 35.3 Å². The molecule has 3 aromatic carbocycles. The number of nitrogens with two attached hydrogens (primary N) is 1. The van der Waals surface area contributed by atoms with E-state index in [1.165, 1.54) is 7.11 Å². The van der Waals surface area contributed by atoms with Crippen LogP contribution < -0.4 is 40.4 Å². The van der Waals surface area contributed by atoms with Gasteiger partial charge in [0.2, 0.25) is 5.91 Å². The molecule has 0 atom stereocenters. The Bertz CT molecular complexity index is 1720. The molecular weight excluding hydrogens is 727 g/mol. The summed E-state index contributed by atoms with van der Waals surface area (Å²) in [5.41, 5.74) is 8.68. The number of nitrogen functional groups attached to an aromatic ring is 1. The smallest absolute Gasteiger partial charge is 0.424 e. The normalized spacial score (nSPS) is 11.8. The number of anilines is 5. The predicted octanol–water partition coefficient (Wildman–Crippen LogP) is 10.6. The molecule has 57 heavy (non-hydrogen) atoms. The fourth-order valence-electron chi connectivity index (χ4n) is 5.46. The minimum atomic E-state index is -0.840. The summed E-state index contributed by atoms with van der Waals surface area (Å²) in [6, 6.07) is 17.3. The zero-order valence-corrected chi connectivity index (χ0v) is 35.4. The summed E-state index contributed by atoms with van der Waals surface area (Å²) in [5.74, 6) is 2.02. The van der Waals surface area contributed by atoms with Gasteiger partial charge in [-0.25, -0.2) is 9.59 Å². The van der Waals surface area contributed by atoms with E-state index in [9.17, 15) is 14.4 Å². The summed E-state index contributed by atoms with van der Waals surface area (Å²) in [4.78, 5) is 40.3. The van der Waals surface area contributed by atoms with Crippen molar-refractivity contribution in [2.24, 2.45) is 0 Å². The highest BCUT2D eigenvalue weighted by molar-refractivity contribution is 6.13. The molecule has 13 heteroatoms. The van der Waals surface area contributed by atoms with Gasteiger partial charge < -0.3 is 45.0 Å². The Labute approximate surface area is 342 Å². The second-order valence-electron chi connectivity index (χ2n) is 15.7. The number of carbonyl (C=O) groups is 3. The van der Waals surface area contributed by atoms with Crippen LogP contribution in [-0.4, -0.2) is 68.8 Å². The first-order chi connectivity index (χ1) is 25.5. The molecule has 0 bridgehead atoms. The number of nitrogens with one attached hydrogen (secondary N) is 2. The lowest BCUT2D eigenvalue weighted by atomic mass is 10.1. The number of hydrogen-bond donors (Lipinski definition) is 3. The van der Waals surface area contributed by atoms with Crippen molar-refractivity contribution in [3.8, 4) is 17.2 Å². The average molecular weight is 798 g/mol. The second-order valence-corrected chi connectivity index (χ2v) is 15.7. The number of hydrogen-bond acceptors (Lipinski definition) is 11. The van der Waals surface area contributed by atoms with Gasteiger partial charge in [-0.05, 0) is 119 Å². The van der Waals surface area contributed by atoms with Crippen molar-refractivity contribution in [1.29, 1.82) is 0 Å². The lowest BCUT2D eigenvalue weighted by Crippen LogP contribution is -2.44. The molecule has 0 spiro atoms. The van der Waals surface area contributed by atoms with Crippen LogP contribution in [0.25, 0.3) is 0 Å². The summed E-state index contributed by atoms with van der Waals surface area (Å²) < 4.78 is 26.7. The molecular formula is C44H71N5O8.